The summed E-state index contributed by atoms with van der Waals surface area (Å²) in [7, 11) is 3.05. The van der Waals surface area contributed by atoms with Gasteiger partial charge in [0.05, 0.1) is 30.0 Å². The standard InChI is InChI=1S/C41H32Cl2N4O5S2/c1-51-30-16-20-36(52-2)28(21-30)23-34(45-38(48)26-11-7-4-8-12-26)39(49)44-29-14-17-31(18-15-29)54-37(25-9-5-3-6-10-25)40(50)47-41-46-35(24-53-41)27-13-19-32(42)33(43)22-27/h3-24,37H,1-2H3,(H,44,49)(H,45,48)(H,46,47,50)/b34-23-. The molecule has 3 N–H and O–H groups in total. The third kappa shape index (κ3) is 9.68. The summed E-state index contributed by atoms with van der Waals surface area (Å²) in [6.45, 7) is 0. The van der Waals surface area contributed by atoms with E-state index in [1.807, 2.05) is 53.9 Å². The van der Waals surface area contributed by atoms with Gasteiger partial charge in [0.15, 0.2) is 5.13 Å². The molecule has 0 fully saturated rings. The number of aromatic nitrogens is 1. The van der Waals surface area contributed by atoms with Gasteiger partial charge >= 0.3 is 0 Å². The highest BCUT2D eigenvalue weighted by Crippen LogP contribution is 2.38. The average molecular weight is 796 g/mol. The summed E-state index contributed by atoms with van der Waals surface area (Å²) in [5, 5.41) is 11.1. The van der Waals surface area contributed by atoms with Crippen molar-refractivity contribution in [1.82, 2.24) is 10.3 Å². The van der Waals surface area contributed by atoms with Crippen LogP contribution in [0.1, 0.15) is 26.7 Å². The first kappa shape index (κ1) is 38.1. The normalized spacial score (nSPS) is 11.7. The van der Waals surface area contributed by atoms with Crippen molar-refractivity contribution in [3.8, 4) is 22.8 Å². The fourth-order valence-corrected chi connectivity index (χ4v) is 7.24. The SMILES string of the molecule is COc1ccc(OC)c(/C=C(\NC(=O)c2ccccc2)C(=O)Nc2ccc(SC(C(=O)Nc3nc(-c4ccc(Cl)c(Cl)c4)cs3)c3ccccc3)cc2)c1. The van der Waals surface area contributed by atoms with E-state index in [2.05, 4.69) is 20.9 Å². The maximum atomic E-state index is 13.8. The minimum atomic E-state index is -0.621. The number of carbonyl (C=O) groups excluding carboxylic acids is 3. The zero-order valence-corrected chi connectivity index (χ0v) is 32.0. The number of nitrogens with one attached hydrogen (secondary N) is 3. The van der Waals surface area contributed by atoms with Crippen molar-refractivity contribution in [3.63, 3.8) is 0 Å². The Balaban J connectivity index is 1.20. The van der Waals surface area contributed by atoms with Gasteiger partial charge in [-0.05, 0) is 78.4 Å². The molecular formula is C41H32Cl2N4O5S2. The molecule has 5 aromatic carbocycles. The third-order valence-electron chi connectivity index (χ3n) is 7.92. The minimum absolute atomic E-state index is 0.0147. The van der Waals surface area contributed by atoms with Crippen molar-refractivity contribution in [2.75, 3.05) is 24.9 Å². The van der Waals surface area contributed by atoms with Gasteiger partial charge in [0.1, 0.15) is 22.4 Å². The third-order valence-corrected chi connectivity index (χ3v) is 10.7. The van der Waals surface area contributed by atoms with Crippen molar-refractivity contribution in [3.05, 3.63) is 159 Å². The second kappa shape index (κ2) is 18.0. The van der Waals surface area contributed by atoms with Crippen LogP contribution in [0.3, 0.4) is 0 Å². The fraction of sp³-hybridized carbons (Fsp3) is 0.0732. The molecule has 0 aliphatic rings. The maximum absolute atomic E-state index is 13.8. The Morgan fingerprint density at radius 3 is 2.20 bits per heavy atom. The molecule has 9 nitrogen and oxygen atoms in total. The number of methoxy groups -OCH3 is 2. The molecule has 3 amide bonds. The molecule has 0 saturated carbocycles. The number of hydrogen-bond donors (Lipinski definition) is 3. The maximum Gasteiger partial charge on any atom is 0.272 e. The van der Waals surface area contributed by atoms with Crippen molar-refractivity contribution < 1.29 is 23.9 Å². The van der Waals surface area contributed by atoms with Gasteiger partial charge in [0.25, 0.3) is 11.8 Å². The number of benzene rings is 5. The van der Waals surface area contributed by atoms with Crippen LogP contribution in [0.4, 0.5) is 10.8 Å². The number of anilines is 2. The highest BCUT2D eigenvalue weighted by Gasteiger charge is 2.24. The number of ether oxygens (including phenoxy) is 2. The zero-order valence-electron chi connectivity index (χ0n) is 28.8. The van der Waals surface area contributed by atoms with Gasteiger partial charge in [-0.3, -0.25) is 14.4 Å². The molecule has 54 heavy (non-hydrogen) atoms. The number of thiazole rings is 1. The van der Waals surface area contributed by atoms with Crippen LogP contribution in [0.15, 0.2) is 137 Å². The Hall–Kier alpha value is -5.59. The molecule has 1 heterocycles. The van der Waals surface area contributed by atoms with Crippen LogP contribution in [0.5, 0.6) is 11.5 Å². The minimum Gasteiger partial charge on any atom is -0.497 e. The van der Waals surface area contributed by atoms with E-state index < -0.39 is 17.1 Å². The van der Waals surface area contributed by atoms with Crippen molar-refractivity contribution in [2.45, 2.75) is 10.1 Å². The van der Waals surface area contributed by atoms with E-state index in [1.165, 1.54) is 43.4 Å². The molecule has 1 atom stereocenters. The van der Waals surface area contributed by atoms with Gasteiger partial charge in [0.2, 0.25) is 5.91 Å². The monoisotopic (exact) mass is 794 g/mol. The molecule has 1 unspecified atom stereocenters. The van der Waals surface area contributed by atoms with Crippen LogP contribution >= 0.6 is 46.3 Å². The van der Waals surface area contributed by atoms with Gasteiger partial charge in [-0.1, -0.05) is 77.8 Å². The predicted octanol–water partition coefficient (Wildman–Crippen LogP) is 10.0. The largest absolute Gasteiger partial charge is 0.497 e. The van der Waals surface area contributed by atoms with Crippen LogP contribution in [-0.2, 0) is 9.59 Å². The first-order valence-corrected chi connectivity index (χ1v) is 18.9. The molecular weight excluding hydrogens is 764 g/mol. The summed E-state index contributed by atoms with van der Waals surface area (Å²) in [5.41, 5.74) is 3.61. The Kier molecular flexibility index (Phi) is 12.7. The lowest BCUT2D eigenvalue weighted by molar-refractivity contribution is -0.116. The van der Waals surface area contributed by atoms with E-state index >= 15 is 0 Å². The summed E-state index contributed by atoms with van der Waals surface area (Å²) in [5.74, 6) is -0.244. The number of rotatable bonds is 13. The first-order valence-electron chi connectivity index (χ1n) is 16.4. The van der Waals surface area contributed by atoms with E-state index in [4.69, 9.17) is 32.7 Å². The summed E-state index contributed by atoms with van der Waals surface area (Å²) in [6, 6.07) is 35.5. The topological polar surface area (TPSA) is 119 Å². The Morgan fingerprint density at radius 1 is 0.796 bits per heavy atom. The lowest BCUT2D eigenvalue weighted by Crippen LogP contribution is -2.30. The number of amides is 3. The number of carbonyl (C=O) groups is 3. The molecule has 272 valence electrons. The Labute approximate surface area is 330 Å². The molecule has 0 bridgehead atoms. The second-order valence-electron chi connectivity index (χ2n) is 11.5. The molecule has 0 spiro atoms. The summed E-state index contributed by atoms with van der Waals surface area (Å²) < 4.78 is 10.9. The molecule has 0 radical (unpaired) electrons. The Bertz CT molecular complexity index is 2300. The molecule has 6 rings (SSSR count). The first-order chi connectivity index (χ1) is 26.2. The summed E-state index contributed by atoms with van der Waals surface area (Å²) in [4.78, 5) is 46.0. The molecule has 0 aliphatic carbocycles. The predicted molar refractivity (Wildman–Crippen MR) is 218 cm³/mol. The summed E-state index contributed by atoms with van der Waals surface area (Å²) in [6.07, 6.45) is 1.53. The number of halogens is 2. The Morgan fingerprint density at radius 2 is 1.52 bits per heavy atom. The average Bonchev–Trinajstić information content (AvgIpc) is 3.67. The van der Waals surface area contributed by atoms with E-state index in [1.54, 1.807) is 72.8 Å². The number of nitrogens with zero attached hydrogens (tertiary/aromatic N) is 1. The highest BCUT2D eigenvalue weighted by atomic mass is 35.5. The van der Waals surface area contributed by atoms with Crippen molar-refractivity contribution in [2.24, 2.45) is 0 Å². The number of thioether (sulfide) groups is 1. The van der Waals surface area contributed by atoms with Gasteiger partial charge in [-0.15, -0.1) is 23.1 Å². The summed E-state index contributed by atoms with van der Waals surface area (Å²) >= 11 is 14.9. The number of hydrogen-bond acceptors (Lipinski definition) is 8. The molecule has 1 aromatic heterocycles. The van der Waals surface area contributed by atoms with Gasteiger partial charge in [0, 0.05) is 32.7 Å². The fourth-order valence-electron chi connectivity index (χ4n) is 5.19. The van der Waals surface area contributed by atoms with E-state index in [0.29, 0.717) is 49.2 Å². The molecule has 0 aliphatic heterocycles. The lowest BCUT2D eigenvalue weighted by atomic mass is 10.1. The van der Waals surface area contributed by atoms with E-state index in [9.17, 15) is 14.4 Å². The van der Waals surface area contributed by atoms with Gasteiger partial charge in [-0.2, -0.15) is 0 Å². The second-order valence-corrected chi connectivity index (χ2v) is 14.4. The van der Waals surface area contributed by atoms with Crippen LogP contribution < -0.4 is 25.4 Å². The van der Waals surface area contributed by atoms with E-state index in [0.717, 1.165) is 16.0 Å². The molecule has 0 saturated heterocycles. The smallest absolute Gasteiger partial charge is 0.272 e. The lowest BCUT2D eigenvalue weighted by Gasteiger charge is -2.17. The van der Waals surface area contributed by atoms with Crippen LogP contribution in [-0.4, -0.2) is 36.9 Å². The zero-order chi connectivity index (χ0) is 38.0. The highest BCUT2D eigenvalue weighted by molar-refractivity contribution is 8.00. The van der Waals surface area contributed by atoms with Crippen molar-refractivity contribution in [1.29, 1.82) is 0 Å². The molecule has 13 heteroatoms. The van der Waals surface area contributed by atoms with Gasteiger partial charge in [-0.25, -0.2) is 4.98 Å². The van der Waals surface area contributed by atoms with Crippen molar-refractivity contribution >= 4 is 80.9 Å². The molecule has 6 aromatic rings. The van der Waals surface area contributed by atoms with Crippen LogP contribution in [0, 0.1) is 0 Å². The quantitative estimate of drug-likeness (QED) is 0.0787. The van der Waals surface area contributed by atoms with E-state index in [-0.39, 0.29) is 11.6 Å². The van der Waals surface area contributed by atoms with Gasteiger partial charge < -0.3 is 25.4 Å². The van der Waals surface area contributed by atoms with Crippen LogP contribution in [0.25, 0.3) is 17.3 Å². The van der Waals surface area contributed by atoms with Crippen LogP contribution in [0.2, 0.25) is 10.0 Å².